The lowest BCUT2D eigenvalue weighted by molar-refractivity contribution is -0.0453. The van der Waals surface area contributed by atoms with Gasteiger partial charge in [0.05, 0.1) is 26.5 Å². The van der Waals surface area contributed by atoms with Crippen molar-refractivity contribution in [3.63, 3.8) is 0 Å². The lowest BCUT2D eigenvalue weighted by atomic mass is 9.89. The van der Waals surface area contributed by atoms with Gasteiger partial charge < -0.3 is 19.9 Å². The van der Waals surface area contributed by atoms with Crippen molar-refractivity contribution >= 4 is 15.9 Å². The van der Waals surface area contributed by atoms with Crippen LogP contribution in [0, 0.1) is 0 Å². The number of benzene rings is 1. The Morgan fingerprint density at radius 1 is 1.39 bits per heavy atom. The maximum absolute atomic E-state index is 6.10. The number of hydrogen-bond donors (Lipinski definition) is 1. The maximum atomic E-state index is 6.10. The lowest BCUT2D eigenvalue weighted by Crippen LogP contribution is -2.18. The minimum absolute atomic E-state index is 0.0565. The van der Waals surface area contributed by atoms with Crippen LogP contribution in [0.4, 0.5) is 0 Å². The second-order valence-electron chi connectivity index (χ2n) is 5.34. The highest BCUT2D eigenvalue weighted by Crippen LogP contribution is 2.39. The molecule has 0 radical (unpaired) electrons. The second-order valence-corrected chi connectivity index (χ2v) is 6.19. The fourth-order valence-electron chi connectivity index (χ4n) is 2.99. The summed E-state index contributed by atoms with van der Waals surface area (Å²) >= 11 is 3.62. The van der Waals surface area contributed by atoms with Gasteiger partial charge in [0.25, 0.3) is 0 Å². The minimum atomic E-state index is -0.378. The first-order chi connectivity index (χ1) is 11.2. The molecule has 2 N–H and O–H groups in total. The molecule has 3 rings (SSSR count). The number of nitrogens with two attached hydrogens (primary N) is 1. The molecule has 1 aliphatic rings. The molecule has 23 heavy (non-hydrogen) atoms. The van der Waals surface area contributed by atoms with E-state index in [9.17, 15) is 0 Å². The van der Waals surface area contributed by atoms with Gasteiger partial charge >= 0.3 is 0 Å². The Morgan fingerprint density at radius 3 is 2.78 bits per heavy atom. The van der Waals surface area contributed by atoms with Gasteiger partial charge in [0.15, 0.2) is 6.29 Å². The van der Waals surface area contributed by atoms with E-state index in [1.54, 1.807) is 18.0 Å². The Hall–Kier alpha value is -1.41. The van der Waals surface area contributed by atoms with Crippen molar-refractivity contribution in [3.8, 4) is 5.88 Å². The number of methoxy groups -OCH3 is 1. The zero-order chi connectivity index (χ0) is 16.4. The Morgan fingerprint density at radius 2 is 2.13 bits per heavy atom. The molecule has 7 heteroatoms. The summed E-state index contributed by atoms with van der Waals surface area (Å²) in [6.07, 6.45) is 1.43. The predicted molar refractivity (Wildman–Crippen MR) is 89.4 cm³/mol. The summed E-state index contributed by atoms with van der Waals surface area (Å²) in [5.41, 5.74) is 9.09. The molecule has 0 aliphatic carbocycles. The van der Waals surface area contributed by atoms with E-state index in [4.69, 9.17) is 19.9 Å². The molecule has 1 aromatic heterocycles. The van der Waals surface area contributed by atoms with E-state index in [1.807, 2.05) is 19.2 Å². The molecule has 2 heterocycles. The Kier molecular flexibility index (Phi) is 5.01. The molecule has 0 saturated carbocycles. The highest BCUT2D eigenvalue weighted by molar-refractivity contribution is 9.10. The van der Waals surface area contributed by atoms with E-state index in [0.29, 0.717) is 25.6 Å². The van der Waals surface area contributed by atoms with E-state index in [2.05, 4.69) is 27.1 Å². The Bertz CT molecular complexity index is 683. The smallest absolute Gasteiger partial charge is 0.215 e. The van der Waals surface area contributed by atoms with Crippen molar-refractivity contribution < 1.29 is 14.2 Å². The molecule has 0 spiro atoms. The van der Waals surface area contributed by atoms with Gasteiger partial charge in [0.2, 0.25) is 5.88 Å². The van der Waals surface area contributed by atoms with E-state index < -0.39 is 0 Å². The van der Waals surface area contributed by atoms with E-state index >= 15 is 0 Å². The molecule has 1 aromatic carbocycles. The van der Waals surface area contributed by atoms with Gasteiger partial charge in [-0.3, -0.25) is 0 Å². The number of hydrogen-bond acceptors (Lipinski definition) is 5. The molecule has 1 unspecified atom stereocenters. The third-order valence-corrected chi connectivity index (χ3v) is 4.73. The molecule has 124 valence electrons. The first-order valence-corrected chi connectivity index (χ1v) is 8.24. The number of aryl methyl sites for hydroxylation is 1. The van der Waals surface area contributed by atoms with E-state index in [0.717, 1.165) is 21.2 Å². The number of halogens is 1. The van der Waals surface area contributed by atoms with Gasteiger partial charge in [-0.25, -0.2) is 4.68 Å². The average Bonchev–Trinajstić information content (AvgIpc) is 3.18. The summed E-state index contributed by atoms with van der Waals surface area (Å²) in [6.45, 7) is 1.61. The van der Waals surface area contributed by atoms with Crippen molar-refractivity contribution in [2.45, 2.75) is 12.2 Å². The van der Waals surface area contributed by atoms with Crippen LogP contribution in [0.15, 0.2) is 28.9 Å². The Labute approximate surface area is 143 Å². The first kappa shape index (κ1) is 16.4. The number of nitrogens with zero attached hydrogens (tertiary/aromatic N) is 2. The number of ether oxygens (including phenoxy) is 3. The summed E-state index contributed by atoms with van der Waals surface area (Å²) in [5, 5.41) is 4.29. The normalized spacial score (nSPS) is 16.7. The van der Waals surface area contributed by atoms with Crippen LogP contribution in [0.25, 0.3) is 0 Å². The fourth-order valence-corrected chi connectivity index (χ4v) is 3.55. The van der Waals surface area contributed by atoms with Crippen LogP contribution in [0.2, 0.25) is 0 Å². The quantitative estimate of drug-likeness (QED) is 0.860. The highest BCUT2D eigenvalue weighted by Gasteiger charge is 2.29. The van der Waals surface area contributed by atoms with Crippen molar-refractivity contribution in [2.24, 2.45) is 12.8 Å². The molecule has 1 fully saturated rings. The Balaban J connectivity index is 2.09. The van der Waals surface area contributed by atoms with Crippen LogP contribution in [0.5, 0.6) is 5.88 Å². The molecule has 0 bridgehead atoms. The largest absolute Gasteiger partial charge is 0.481 e. The number of aromatic nitrogens is 2. The summed E-state index contributed by atoms with van der Waals surface area (Å²) in [5.74, 6) is 0.651. The van der Waals surface area contributed by atoms with E-state index in [-0.39, 0.29) is 12.2 Å². The van der Waals surface area contributed by atoms with Crippen LogP contribution < -0.4 is 10.5 Å². The molecular weight excluding hydrogens is 362 g/mol. The van der Waals surface area contributed by atoms with Crippen molar-refractivity contribution in [1.82, 2.24) is 9.78 Å². The van der Waals surface area contributed by atoms with Gasteiger partial charge in [0.1, 0.15) is 0 Å². The van der Waals surface area contributed by atoms with Gasteiger partial charge in [-0.15, -0.1) is 0 Å². The molecule has 1 atom stereocenters. The zero-order valence-corrected chi connectivity index (χ0v) is 14.7. The fraction of sp³-hybridized carbons (Fsp3) is 0.438. The summed E-state index contributed by atoms with van der Waals surface area (Å²) in [6, 6.07) is 6.02. The number of rotatable bonds is 5. The monoisotopic (exact) mass is 381 g/mol. The zero-order valence-electron chi connectivity index (χ0n) is 13.2. The van der Waals surface area contributed by atoms with Crippen LogP contribution in [0.3, 0.4) is 0 Å². The van der Waals surface area contributed by atoms with Gasteiger partial charge in [-0.05, 0) is 11.6 Å². The molecule has 1 aliphatic heterocycles. The third kappa shape index (κ3) is 3.01. The second kappa shape index (κ2) is 7.00. The standard InChI is InChI=1S/C16H20BrN3O3/c1-20-15(21-2)12(9-19-20)11(8-18)10-4-3-5-13(17)14(10)16-22-6-7-23-16/h3-5,9,11,16H,6-8,18H2,1-2H3. The van der Waals surface area contributed by atoms with Crippen LogP contribution in [-0.4, -0.2) is 36.6 Å². The molecule has 1 saturated heterocycles. The summed E-state index contributed by atoms with van der Waals surface area (Å²) < 4.78 is 19.6. The minimum Gasteiger partial charge on any atom is -0.481 e. The van der Waals surface area contributed by atoms with Gasteiger partial charge in [0, 0.05) is 35.1 Å². The maximum Gasteiger partial charge on any atom is 0.215 e. The average molecular weight is 382 g/mol. The topological polar surface area (TPSA) is 71.5 Å². The summed E-state index contributed by atoms with van der Waals surface area (Å²) in [7, 11) is 3.49. The van der Waals surface area contributed by atoms with Crippen molar-refractivity contribution in [2.75, 3.05) is 26.9 Å². The summed E-state index contributed by atoms with van der Waals surface area (Å²) in [4.78, 5) is 0. The first-order valence-electron chi connectivity index (χ1n) is 7.44. The van der Waals surface area contributed by atoms with Gasteiger partial charge in [-0.2, -0.15) is 5.10 Å². The molecule has 6 nitrogen and oxygen atoms in total. The highest BCUT2D eigenvalue weighted by atomic mass is 79.9. The van der Waals surface area contributed by atoms with Crippen molar-refractivity contribution in [3.05, 3.63) is 45.6 Å². The van der Waals surface area contributed by atoms with Crippen LogP contribution in [0.1, 0.15) is 28.9 Å². The third-order valence-electron chi connectivity index (χ3n) is 4.03. The van der Waals surface area contributed by atoms with Crippen LogP contribution in [-0.2, 0) is 16.5 Å². The lowest BCUT2D eigenvalue weighted by Gasteiger charge is -2.22. The molecule has 0 amide bonds. The SMILES string of the molecule is COc1c(C(CN)c2cccc(Br)c2C2OCCO2)cnn1C. The molecular formula is C16H20BrN3O3. The molecule has 2 aromatic rings. The van der Waals surface area contributed by atoms with Crippen LogP contribution >= 0.6 is 15.9 Å². The van der Waals surface area contributed by atoms with Gasteiger partial charge in [-0.1, -0.05) is 28.1 Å². The van der Waals surface area contributed by atoms with Crippen molar-refractivity contribution in [1.29, 1.82) is 0 Å². The predicted octanol–water partition coefficient (Wildman–Crippen LogP) is 2.33. The van der Waals surface area contributed by atoms with E-state index in [1.165, 1.54) is 0 Å².